The first kappa shape index (κ1) is 23.4. The first-order chi connectivity index (χ1) is 17.4. The molecule has 1 unspecified atom stereocenters. The molecule has 5 aromatic rings. The normalized spacial score (nSPS) is 12.9. The van der Waals surface area contributed by atoms with Crippen molar-refractivity contribution in [3.63, 3.8) is 0 Å². The van der Waals surface area contributed by atoms with E-state index in [1.165, 1.54) is 0 Å². The van der Waals surface area contributed by atoms with Gasteiger partial charge < -0.3 is 11.1 Å². The molecule has 180 valence electrons. The summed E-state index contributed by atoms with van der Waals surface area (Å²) in [5.74, 6) is 1.13. The van der Waals surface area contributed by atoms with Crippen LogP contribution in [0.3, 0.4) is 0 Å². The molecule has 0 spiro atoms. The Balaban J connectivity index is 1.76. The molecule has 0 fully saturated rings. The predicted molar refractivity (Wildman–Crippen MR) is 143 cm³/mol. The minimum atomic E-state index is -0.837. The molecule has 3 aromatic heterocycles. The van der Waals surface area contributed by atoms with Crippen LogP contribution >= 0.6 is 11.6 Å². The lowest BCUT2D eigenvalue weighted by Gasteiger charge is -2.32. The van der Waals surface area contributed by atoms with Gasteiger partial charge in [0.15, 0.2) is 0 Å². The fraction of sp³-hybridized carbons (Fsp3) is 0.148. The summed E-state index contributed by atoms with van der Waals surface area (Å²) in [6.07, 6.45) is 3.92. The molecule has 0 saturated carbocycles. The van der Waals surface area contributed by atoms with Crippen molar-refractivity contribution in [2.45, 2.75) is 25.8 Å². The highest BCUT2D eigenvalue weighted by Crippen LogP contribution is 2.34. The van der Waals surface area contributed by atoms with Crippen molar-refractivity contribution in [3.05, 3.63) is 100 Å². The van der Waals surface area contributed by atoms with Crippen molar-refractivity contribution in [2.24, 2.45) is 0 Å². The van der Waals surface area contributed by atoms with Crippen LogP contribution < -0.4 is 16.6 Å². The van der Waals surface area contributed by atoms with Crippen LogP contribution in [-0.4, -0.2) is 24.5 Å². The van der Waals surface area contributed by atoms with Crippen LogP contribution in [-0.2, 0) is 5.54 Å². The molecule has 3 N–H and O–H groups in total. The molecule has 0 aliphatic heterocycles. The fourth-order valence-corrected chi connectivity index (χ4v) is 4.39. The van der Waals surface area contributed by atoms with Crippen molar-refractivity contribution in [3.8, 4) is 16.9 Å². The van der Waals surface area contributed by atoms with Gasteiger partial charge in [-0.05, 0) is 49.7 Å². The standard InChI is InChI=1S/C27H24ClN7O/c1-3-27(2,34-23-18(16-31-26(29)33-23)20-13-7-8-15-30-20)25-32-21-14-9-12-19(28)22(21)24(36)35(25)17-10-5-4-6-11-17/h4-16H,3H2,1-2H3,(H3,29,31,33,34). The van der Waals surface area contributed by atoms with Gasteiger partial charge in [-0.15, -0.1) is 0 Å². The van der Waals surface area contributed by atoms with Crippen molar-refractivity contribution >= 4 is 34.3 Å². The Labute approximate surface area is 212 Å². The van der Waals surface area contributed by atoms with E-state index in [1.54, 1.807) is 35.2 Å². The molecule has 1 atom stereocenters. The third-order valence-electron chi connectivity index (χ3n) is 6.20. The summed E-state index contributed by atoms with van der Waals surface area (Å²) in [7, 11) is 0. The number of nitrogens with two attached hydrogens (primary N) is 1. The number of rotatable bonds is 6. The second-order valence-corrected chi connectivity index (χ2v) is 8.97. The molecule has 0 saturated heterocycles. The zero-order chi connectivity index (χ0) is 25.3. The van der Waals surface area contributed by atoms with Crippen LogP contribution in [0.25, 0.3) is 27.8 Å². The van der Waals surface area contributed by atoms with Crippen LogP contribution in [0.4, 0.5) is 11.8 Å². The van der Waals surface area contributed by atoms with Crippen molar-refractivity contribution in [1.82, 2.24) is 24.5 Å². The van der Waals surface area contributed by atoms with Gasteiger partial charge in [0.25, 0.3) is 5.56 Å². The van der Waals surface area contributed by atoms with Gasteiger partial charge >= 0.3 is 0 Å². The van der Waals surface area contributed by atoms with E-state index in [1.807, 2.05) is 62.4 Å². The van der Waals surface area contributed by atoms with Gasteiger partial charge in [0.2, 0.25) is 5.95 Å². The molecule has 9 heteroatoms. The van der Waals surface area contributed by atoms with Crippen molar-refractivity contribution < 1.29 is 0 Å². The van der Waals surface area contributed by atoms with Gasteiger partial charge in [0.05, 0.1) is 38.4 Å². The highest BCUT2D eigenvalue weighted by atomic mass is 35.5. The lowest BCUT2D eigenvalue weighted by molar-refractivity contribution is 0.473. The Morgan fingerprint density at radius 1 is 1.00 bits per heavy atom. The minimum Gasteiger partial charge on any atom is -0.368 e. The van der Waals surface area contributed by atoms with E-state index in [2.05, 4.69) is 20.3 Å². The topological polar surface area (TPSA) is 112 Å². The number of nitrogens with zero attached hydrogens (tertiary/aromatic N) is 5. The number of benzene rings is 2. The van der Waals surface area contributed by atoms with Gasteiger partial charge in [0.1, 0.15) is 11.6 Å². The Bertz CT molecular complexity index is 1610. The van der Waals surface area contributed by atoms with Crippen LogP contribution in [0.1, 0.15) is 26.1 Å². The third kappa shape index (κ3) is 4.16. The molecule has 0 aliphatic rings. The number of nitrogen functional groups attached to an aromatic ring is 1. The number of fused-ring (bicyclic) bond motifs is 1. The van der Waals surface area contributed by atoms with Gasteiger partial charge in [0, 0.05) is 12.4 Å². The average Bonchev–Trinajstić information content (AvgIpc) is 2.89. The summed E-state index contributed by atoms with van der Waals surface area (Å²) < 4.78 is 1.61. The van der Waals surface area contributed by atoms with Gasteiger partial charge in [-0.3, -0.25) is 14.3 Å². The summed E-state index contributed by atoms with van der Waals surface area (Å²) >= 11 is 6.45. The Morgan fingerprint density at radius 3 is 2.50 bits per heavy atom. The number of aromatic nitrogens is 5. The zero-order valence-corrected chi connectivity index (χ0v) is 20.6. The maximum absolute atomic E-state index is 13.9. The maximum atomic E-state index is 13.9. The van der Waals surface area contributed by atoms with E-state index in [-0.39, 0.29) is 11.5 Å². The van der Waals surface area contributed by atoms with Gasteiger partial charge in [-0.1, -0.05) is 48.9 Å². The fourth-order valence-electron chi connectivity index (χ4n) is 4.14. The van der Waals surface area contributed by atoms with Crippen LogP contribution in [0, 0.1) is 0 Å². The summed E-state index contributed by atoms with van der Waals surface area (Å²) in [5.41, 5.74) is 7.46. The molecule has 8 nitrogen and oxygen atoms in total. The summed E-state index contributed by atoms with van der Waals surface area (Å²) in [4.78, 5) is 32.0. The second-order valence-electron chi connectivity index (χ2n) is 8.56. The number of halogens is 1. The molecule has 0 amide bonds. The highest BCUT2D eigenvalue weighted by molar-refractivity contribution is 6.35. The van der Waals surface area contributed by atoms with Crippen molar-refractivity contribution in [2.75, 3.05) is 11.1 Å². The van der Waals surface area contributed by atoms with E-state index in [4.69, 9.17) is 22.3 Å². The zero-order valence-electron chi connectivity index (χ0n) is 19.8. The first-order valence-electron chi connectivity index (χ1n) is 11.5. The number of para-hydroxylation sites is 1. The van der Waals surface area contributed by atoms with E-state index >= 15 is 0 Å². The molecule has 0 radical (unpaired) electrons. The van der Waals surface area contributed by atoms with E-state index in [0.29, 0.717) is 50.9 Å². The molecule has 3 heterocycles. The van der Waals surface area contributed by atoms with E-state index < -0.39 is 5.54 Å². The number of anilines is 2. The number of nitrogens with one attached hydrogen (secondary N) is 1. The summed E-state index contributed by atoms with van der Waals surface area (Å²) in [6, 6.07) is 20.3. The number of hydrogen-bond acceptors (Lipinski definition) is 7. The van der Waals surface area contributed by atoms with Crippen molar-refractivity contribution in [1.29, 1.82) is 0 Å². The lowest BCUT2D eigenvalue weighted by Crippen LogP contribution is -2.39. The predicted octanol–water partition coefficient (Wildman–Crippen LogP) is 5.21. The molecule has 36 heavy (non-hydrogen) atoms. The van der Waals surface area contributed by atoms with Gasteiger partial charge in [-0.2, -0.15) is 4.98 Å². The molecule has 0 aliphatic carbocycles. The SMILES string of the molecule is CCC(C)(Nc1nc(N)ncc1-c1ccccn1)c1nc2cccc(Cl)c2c(=O)n1-c1ccccc1. The monoisotopic (exact) mass is 497 g/mol. The Morgan fingerprint density at radius 2 is 1.78 bits per heavy atom. The smallest absolute Gasteiger partial charge is 0.267 e. The Kier molecular flexibility index (Phi) is 6.12. The van der Waals surface area contributed by atoms with E-state index in [0.717, 1.165) is 0 Å². The maximum Gasteiger partial charge on any atom is 0.267 e. The summed E-state index contributed by atoms with van der Waals surface area (Å²) in [6.45, 7) is 3.99. The largest absolute Gasteiger partial charge is 0.368 e. The van der Waals surface area contributed by atoms with Crippen LogP contribution in [0.5, 0.6) is 0 Å². The number of hydrogen-bond donors (Lipinski definition) is 2. The molecule has 5 rings (SSSR count). The lowest BCUT2D eigenvalue weighted by atomic mass is 9.95. The minimum absolute atomic E-state index is 0.120. The van der Waals surface area contributed by atoms with E-state index in [9.17, 15) is 4.79 Å². The molecular formula is C27H24ClN7O. The first-order valence-corrected chi connectivity index (χ1v) is 11.9. The molecule has 0 bridgehead atoms. The number of pyridine rings is 1. The summed E-state index contributed by atoms with van der Waals surface area (Å²) in [5, 5.41) is 4.24. The molecular weight excluding hydrogens is 474 g/mol. The third-order valence-corrected chi connectivity index (χ3v) is 6.52. The highest BCUT2D eigenvalue weighted by Gasteiger charge is 2.33. The average molecular weight is 498 g/mol. The van der Waals surface area contributed by atoms with Crippen LogP contribution in [0.15, 0.2) is 83.9 Å². The van der Waals surface area contributed by atoms with Gasteiger partial charge in [-0.25, -0.2) is 9.97 Å². The second kappa shape index (κ2) is 9.39. The Hall–Kier alpha value is -4.30. The quantitative estimate of drug-likeness (QED) is 0.331. The van der Waals surface area contributed by atoms with Crippen LogP contribution in [0.2, 0.25) is 5.02 Å². The molecule has 2 aromatic carbocycles.